The number of nitro benzene ring substituents is 1. The van der Waals surface area contributed by atoms with E-state index in [1.807, 2.05) is 0 Å². The van der Waals surface area contributed by atoms with Crippen LogP contribution in [0.2, 0.25) is 0 Å². The van der Waals surface area contributed by atoms with Crippen molar-refractivity contribution in [3.63, 3.8) is 0 Å². The standard InChI is InChI=1S/C10H6F3NO5/c11-6-3-5(1-2-8(15)16)4-7(19-10(12)13)9(6)14(17)18/h1-4,10H,(H,15,16)/b2-1+. The molecule has 0 radical (unpaired) electrons. The molecule has 0 amide bonds. The third-order valence-corrected chi connectivity index (χ3v) is 1.87. The van der Waals surface area contributed by atoms with E-state index < -0.39 is 34.8 Å². The second kappa shape index (κ2) is 5.85. The van der Waals surface area contributed by atoms with Gasteiger partial charge >= 0.3 is 18.3 Å². The molecule has 0 aliphatic carbocycles. The van der Waals surface area contributed by atoms with Gasteiger partial charge in [-0.2, -0.15) is 13.2 Å². The maximum absolute atomic E-state index is 13.4. The Labute approximate surface area is 103 Å². The van der Waals surface area contributed by atoms with E-state index in [9.17, 15) is 28.1 Å². The molecule has 0 bridgehead atoms. The Hall–Kier alpha value is -2.58. The number of carboxylic acids is 1. The van der Waals surface area contributed by atoms with Crippen LogP contribution in [0.3, 0.4) is 0 Å². The predicted molar refractivity (Wildman–Crippen MR) is 56.4 cm³/mol. The Kier molecular flexibility index (Phi) is 4.46. The van der Waals surface area contributed by atoms with Gasteiger partial charge in [0.05, 0.1) is 4.92 Å². The Bertz CT molecular complexity index is 544. The second-order valence-electron chi connectivity index (χ2n) is 3.16. The Balaban J connectivity index is 3.29. The number of nitro groups is 1. The zero-order chi connectivity index (χ0) is 14.6. The smallest absolute Gasteiger partial charge is 0.387 e. The van der Waals surface area contributed by atoms with Crippen molar-refractivity contribution in [2.45, 2.75) is 6.61 Å². The molecule has 1 N–H and O–H groups in total. The SMILES string of the molecule is O=C(O)/C=C/c1cc(F)c([N+](=O)[O-])c(OC(F)F)c1. The second-order valence-corrected chi connectivity index (χ2v) is 3.16. The van der Waals surface area contributed by atoms with Crippen LogP contribution in [0.25, 0.3) is 6.08 Å². The molecular formula is C10H6F3NO5. The number of carbonyl (C=O) groups is 1. The van der Waals surface area contributed by atoms with Crippen LogP contribution in [-0.2, 0) is 4.79 Å². The van der Waals surface area contributed by atoms with Gasteiger partial charge in [-0.05, 0) is 23.8 Å². The summed E-state index contributed by atoms with van der Waals surface area (Å²) in [5, 5.41) is 18.9. The van der Waals surface area contributed by atoms with E-state index in [0.717, 1.165) is 12.1 Å². The van der Waals surface area contributed by atoms with E-state index in [-0.39, 0.29) is 5.56 Å². The van der Waals surface area contributed by atoms with E-state index in [2.05, 4.69) is 4.74 Å². The lowest BCUT2D eigenvalue weighted by atomic mass is 10.1. The van der Waals surface area contributed by atoms with Gasteiger partial charge in [-0.25, -0.2) is 4.79 Å². The summed E-state index contributed by atoms with van der Waals surface area (Å²) < 4.78 is 41.4. The zero-order valence-corrected chi connectivity index (χ0v) is 9.05. The number of halogens is 3. The molecule has 6 nitrogen and oxygen atoms in total. The van der Waals surface area contributed by atoms with Crippen LogP contribution in [0.1, 0.15) is 5.56 Å². The van der Waals surface area contributed by atoms with Crippen molar-refractivity contribution in [2.75, 3.05) is 0 Å². The topological polar surface area (TPSA) is 89.7 Å². The van der Waals surface area contributed by atoms with Gasteiger partial charge in [0, 0.05) is 6.08 Å². The van der Waals surface area contributed by atoms with Crippen molar-refractivity contribution in [1.29, 1.82) is 0 Å². The minimum Gasteiger partial charge on any atom is -0.478 e. The van der Waals surface area contributed by atoms with Gasteiger partial charge < -0.3 is 9.84 Å². The molecule has 1 aromatic carbocycles. The van der Waals surface area contributed by atoms with Gasteiger partial charge in [0.25, 0.3) is 0 Å². The fraction of sp³-hybridized carbons (Fsp3) is 0.100. The van der Waals surface area contributed by atoms with Gasteiger partial charge in [-0.3, -0.25) is 10.1 Å². The summed E-state index contributed by atoms with van der Waals surface area (Å²) in [5.74, 6) is -3.74. The number of alkyl halides is 2. The average Bonchev–Trinajstić information content (AvgIpc) is 2.24. The number of aliphatic carboxylic acids is 1. The minimum absolute atomic E-state index is 0.166. The largest absolute Gasteiger partial charge is 0.478 e. The first-order chi connectivity index (χ1) is 8.81. The van der Waals surface area contributed by atoms with E-state index >= 15 is 0 Å². The van der Waals surface area contributed by atoms with Crippen molar-refractivity contribution in [3.05, 3.63) is 39.7 Å². The Morgan fingerprint density at radius 1 is 1.47 bits per heavy atom. The summed E-state index contributed by atoms with van der Waals surface area (Å²) in [6.07, 6.45) is 1.50. The molecule has 1 rings (SSSR count). The highest BCUT2D eigenvalue weighted by Crippen LogP contribution is 2.33. The lowest BCUT2D eigenvalue weighted by Gasteiger charge is -2.06. The molecule has 0 saturated heterocycles. The summed E-state index contributed by atoms with van der Waals surface area (Å²) in [6, 6.07) is 1.38. The Morgan fingerprint density at radius 3 is 2.58 bits per heavy atom. The maximum atomic E-state index is 13.4. The number of ether oxygens (including phenoxy) is 1. The van der Waals surface area contributed by atoms with Gasteiger partial charge in [0.1, 0.15) is 0 Å². The van der Waals surface area contributed by atoms with Gasteiger partial charge in [-0.15, -0.1) is 0 Å². The third-order valence-electron chi connectivity index (χ3n) is 1.87. The first-order valence-corrected chi connectivity index (χ1v) is 4.65. The van der Waals surface area contributed by atoms with Crippen molar-refractivity contribution < 1.29 is 32.7 Å². The Morgan fingerprint density at radius 2 is 2.11 bits per heavy atom. The van der Waals surface area contributed by atoms with Crippen LogP contribution in [0.4, 0.5) is 18.9 Å². The molecule has 0 aromatic heterocycles. The summed E-state index contributed by atoms with van der Waals surface area (Å²) in [6.45, 7) is -3.38. The minimum atomic E-state index is -3.38. The van der Waals surface area contributed by atoms with Gasteiger partial charge in [-0.1, -0.05) is 0 Å². The summed E-state index contributed by atoms with van der Waals surface area (Å²) in [4.78, 5) is 19.6. The fourth-order valence-electron chi connectivity index (χ4n) is 1.22. The molecular weight excluding hydrogens is 271 g/mol. The molecule has 0 fully saturated rings. The summed E-state index contributed by atoms with van der Waals surface area (Å²) in [5.41, 5.74) is -1.41. The average molecular weight is 277 g/mol. The molecule has 0 saturated carbocycles. The first kappa shape index (κ1) is 14.5. The van der Waals surface area contributed by atoms with E-state index in [0.29, 0.717) is 12.1 Å². The van der Waals surface area contributed by atoms with E-state index in [4.69, 9.17) is 5.11 Å². The van der Waals surface area contributed by atoms with Crippen LogP contribution in [0, 0.1) is 15.9 Å². The maximum Gasteiger partial charge on any atom is 0.387 e. The fourth-order valence-corrected chi connectivity index (χ4v) is 1.22. The van der Waals surface area contributed by atoms with E-state index in [1.165, 1.54) is 0 Å². The molecule has 1 aromatic rings. The lowest BCUT2D eigenvalue weighted by Crippen LogP contribution is -2.06. The normalized spacial score (nSPS) is 10.9. The number of nitrogens with zero attached hydrogens (tertiary/aromatic N) is 1. The highest BCUT2D eigenvalue weighted by Gasteiger charge is 2.24. The first-order valence-electron chi connectivity index (χ1n) is 4.65. The van der Waals surface area contributed by atoms with Crippen molar-refractivity contribution in [1.82, 2.24) is 0 Å². The van der Waals surface area contributed by atoms with E-state index in [1.54, 1.807) is 0 Å². The highest BCUT2D eigenvalue weighted by atomic mass is 19.3. The van der Waals surface area contributed by atoms with Gasteiger partial charge in [0.2, 0.25) is 11.6 Å². The molecule has 0 heterocycles. The van der Waals surface area contributed by atoms with Crippen molar-refractivity contribution >= 4 is 17.7 Å². The predicted octanol–water partition coefficient (Wildman–Crippen LogP) is 2.43. The van der Waals surface area contributed by atoms with Crippen LogP contribution < -0.4 is 4.74 Å². The molecule has 0 spiro atoms. The highest BCUT2D eigenvalue weighted by molar-refractivity contribution is 5.85. The lowest BCUT2D eigenvalue weighted by molar-refractivity contribution is -0.389. The van der Waals surface area contributed by atoms with Crippen LogP contribution >= 0.6 is 0 Å². The number of rotatable bonds is 5. The number of hydrogen-bond donors (Lipinski definition) is 1. The van der Waals surface area contributed by atoms with Crippen LogP contribution in [-0.4, -0.2) is 22.6 Å². The van der Waals surface area contributed by atoms with Crippen molar-refractivity contribution in [2.24, 2.45) is 0 Å². The van der Waals surface area contributed by atoms with Gasteiger partial charge in [0.15, 0.2) is 0 Å². The number of carboxylic acid groups (broad SMARTS) is 1. The third kappa shape index (κ3) is 3.98. The quantitative estimate of drug-likeness (QED) is 0.507. The molecule has 9 heteroatoms. The molecule has 0 atom stereocenters. The molecule has 0 unspecified atom stereocenters. The van der Waals surface area contributed by atoms with Crippen molar-refractivity contribution in [3.8, 4) is 5.75 Å². The van der Waals surface area contributed by atoms with Crippen LogP contribution in [0.5, 0.6) is 5.75 Å². The van der Waals surface area contributed by atoms with Crippen LogP contribution in [0.15, 0.2) is 18.2 Å². The molecule has 0 aliphatic heterocycles. The summed E-state index contributed by atoms with van der Waals surface area (Å²) >= 11 is 0. The summed E-state index contributed by atoms with van der Waals surface area (Å²) in [7, 11) is 0. The molecule has 0 aliphatic rings. The molecule has 102 valence electrons. The monoisotopic (exact) mass is 277 g/mol. The molecule has 19 heavy (non-hydrogen) atoms. The number of hydrogen-bond acceptors (Lipinski definition) is 4. The zero-order valence-electron chi connectivity index (χ0n) is 9.05. The number of benzene rings is 1.